The average molecular weight is 354 g/mol. The standard InChI is InChI=1S/C20H22N2O4/c1-14(11-18(23)24)13-21-19(25)15-7-6-8-16(12-15)20(26)22(2)17-9-4-3-5-10-17/h3-10,12,14H,11,13H2,1-2H3,(H,21,25)(H,23,24). The third-order valence-electron chi connectivity index (χ3n) is 3.95. The molecule has 0 heterocycles. The molecule has 1 unspecified atom stereocenters. The molecule has 0 aliphatic heterocycles. The normalized spacial score (nSPS) is 11.5. The zero-order valence-electron chi connectivity index (χ0n) is 14.8. The molecule has 0 radical (unpaired) electrons. The molecule has 0 saturated carbocycles. The fourth-order valence-electron chi connectivity index (χ4n) is 2.50. The maximum absolute atomic E-state index is 12.6. The van der Waals surface area contributed by atoms with E-state index in [1.165, 1.54) is 4.90 Å². The van der Waals surface area contributed by atoms with Crippen LogP contribution in [-0.4, -0.2) is 36.5 Å². The number of anilines is 1. The van der Waals surface area contributed by atoms with E-state index >= 15 is 0 Å². The number of carbonyl (C=O) groups is 3. The lowest BCUT2D eigenvalue weighted by atomic mass is 10.1. The van der Waals surface area contributed by atoms with Crippen LogP contribution in [0, 0.1) is 5.92 Å². The van der Waals surface area contributed by atoms with Crippen LogP contribution < -0.4 is 10.2 Å². The van der Waals surface area contributed by atoms with Gasteiger partial charge in [0, 0.05) is 36.8 Å². The maximum Gasteiger partial charge on any atom is 0.303 e. The Hall–Kier alpha value is -3.15. The van der Waals surface area contributed by atoms with Gasteiger partial charge >= 0.3 is 5.97 Å². The highest BCUT2D eigenvalue weighted by molar-refractivity contribution is 6.07. The van der Waals surface area contributed by atoms with Crippen LogP contribution in [0.5, 0.6) is 0 Å². The molecule has 26 heavy (non-hydrogen) atoms. The first kappa shape index (κ1) is 19.2. The molecule has 2 N–H and O–H groups in total. The Morgan fingerprint density at radius 1 is 1.04 bits per heavy atom. The molecule has 0 aliphatic rings. The summed E-state index contributed by atoms with van der Waals surface area (Å²) in [4.78, 5) is 37.1. The Kier molecular flexibility index (Phi) is 6.49. The number of hydrogen-bond acceptors (Lipinski definition) is 3. The highest BCUT2D eigenvalue weighted by Gasteiger charge is 2.16. The number of carboxylic acid groups (broad SMARTS) is 1. The monoisotopic (exact) mass is 354 g/mol. The van der Waals surface area contributed by atoms with E-state index in [1.807, 2.05) is 30.3 Å². The summed E-state index contributed by atoms with van der Waals surface area (Å²) < 4.78 is 0. The fourth-order valence-corrected chi connectivity index (χ4v) is 2.50. The number of carboxylic acids is 1. The summed E-state index contributed by atoms with van der Waals surface area (Å²) in [6, 6.07) is 15.7. The Balaban J connectivity index is 2.06. The molecule has 2 amide bonds. The number of amides is 2. The van der Waals surface area contributed by atoms with Gasteiger partial charge in [-0.2, -0.15) is 0 Å². The van der Waals surface area contributed by atoms with E-state index in [2.05, 4.69) is 5.32 Å². The lowest BCUT2D eigenvalue weighted by molar-refractivity contribution is -0.137. The Morgan fingerprint density at radius 2 is 1.69 bits per heavy atom. The maximum atomic E-state index is 12.6. The highest BCUT2D eigenvalue weighted by Crippen LogP contribution is 2.16. The third-order valence-corrected chi connectivity index (χ3v) is 3.95. The Bertz CT molecular complexity index is 789. The van der Waals surface area contributed by atoms with Crippen LogP contribution in [0.3, 0.4) is 0 Å². The summed E-state index contributed by atoms with van der Waals surface area (Å²) in [6.45, 7) is 2.01. The van der Waals surface area contributed by atoms with Gasteiger partial charge in [0.25, 0.3) is 11.8 Å². The smallest absolute Gasteiger partial charge is 0.303 e. The lowest BCUT2D eigenvalue weighted by Crippen LogP contribution is -2.30. The number of aliphatic carboxylic acids is 1. The van der Waals surface area contributed by atoms with Gasteiger partial charge in [0.1, 0.15) is 0 Å². The number of hydrogen-bond donors (Lipinski definition) is 2. The quantitative estimate of drug-likeness (QED) is 0.800. The van der Waals surface area contributed by atoms with Crippen molar-refractivity contribution in [2.45, 2.75) is 13.3 Å². The van der Waals surface area contributed by atoms with Crippen molar-refractivity contribution in [2.24, 2.45) is 5.92 Å². The molecule has 2 aromatic rings. The van der Waals surface area contributed by atoms with Gasteiger partial charge < -0.3 is 15.3 Å². The van der Waals surface area contributed by atoms with E-state index < -0.39 is 5.97 Å². The zero-order chi connectivity index (χ0) is 19.1. The van der Waals surface area contributed by atoms with Crippen LogP contribution in [0.4, 0.5) is 5.69 Å². The minimum atomic E-state index is -0.900. The number of benzene rings is 2. The third kappa shape index (κ3) is 5.17. The van der Waals surface area contributed by atoms with Crippen molar-refractivity contribution < 1.29 is 19.5 Å². The Morgan fingerprint density at radius 3 is 2.35 bits per heavy atom. The summed E-state index contributed by atoms with van der Waals surface area (Å²) >= 11 is 0. The number of para-hydroxylation sites is 1. The molecule has 0 spiro atoms. The van der Waals surface area contributed by atoms with E-state index in [1.54, 1.807) is 38.2 Å². The van der Waals surface area contributed by atoms with Gasteiger partial charge in [0.05, 0.1) is 0 Å². The number of nitrogens with one attached hydrogen (secondary N) is 1. The number of rotatable bonds is 7. The van der Waals surface area contributed by atoms with Crippen LogP contribution in [-0.2, 0) is 4.79 Å². The molecule has 0 aromatic heterocycles. The van der Waals surface area contributed by atoms with Gasteiger partial charge in [-0.3, -0.25) is 14.4 Å². The van der Waals surface area contributed by atoms with Crippen molar-refractivity contribution in [3.63, 3.8) is 0 Å². The SMILES string of the molecule is CC(CNC(=O)c1cccc(C(=O)N(C)c2ccccc2)c1)CC(=O)O. The largest absolute Gasteiger partial charge is 0.481 e. The molecule has 1 atom stereocenters. The summed E-state index contributed by atoms with van der Waals surface area (Å²) in [5.74, 6) is -1.63. The summed E-state index contributed by atoms with van der Waals surface area (Å²) in [6.07, 6.45) is -0.0132. The van der Waals surface area contributed by atoms with Gasteiger partial charge in [0.15, 0.2) is 0 Å². The van der Waals surface area contributed by atoms with Crippen molar-refractivity contribution >= 4 is 23.5 Å². The second-order valence-electron chi connectivity index (χ2n) is 6.19. The summed E-state index contributed by atoms with van der Waals surface area (Å²) in [5.41, 5.74) is 1.53. The lowest BCUT2D eigenvalue weighted by Gasteiger charge is -2.17. The van der Waals surface area contributed by atoms with E-state index in [4.69, 9.17) is 5.11 Å². The van der Waals surface area contributed by atoms with Crippen LogP contribution in [0.2, 0.25) is 0 Å². The van der Waals surface area contributed by atoms with Gasteiger partial charge in [0.2, 0.25) is 0 Å². The first-order valence-corrected chi connectivity index (χ1v) is 8.31. The van der Waals surface area contributed by atoms with Gasteiger partial charge in [-0.25, -0.2) is 0 Å². The van der Waals surface area contributed by atoms with Crippen LogP contribution in [0.1, 0.15) is 34.1 Å². The van der Waals surface area contributed by atoms with E-state index in [0.717, 1.165) is 5.69 Å². The van der Waals surface area contributed by atoms with Crippen LogP contribution in [0.25, 0.3) is 0 Å². The van der Waals surface area contributed by atoms with E-state index in [-0.39, 0.29) is 30.7 Å². The predicted molar refractivity (Wildman–Crippen MR) is 99.4 cm³/mol. The minimum absolute atomic E-state index is 0.0132. The van der Waals surface area contributed by atoms with Crippen molar-refractivity contribution in [1.82, 2.24) is 5.32 Å². The average Bonchev–Trinajstić information content (AvgIpc) is 2.65. The van der Waals surface area contributed by atoms with Crippen LogP contribution >= 0.6 is 0 Å². The molecule has 2 aromatic carbocycles. The zero-order valence-corrected chi connectivity index (χ0v) is 14.8. The number of nitrogens with zero attached hydrogens (tertiary/aromatic N) is 1. The minimum Gasteiger partial charge on any atom is -0.481 e. The second-order valence-corrected chi connectivity index (χ2v) is 6.19. The molecular formula is C20H22N2O4. The Labute approximate surface area is 152 Å². The summed E-state index contributed by atoms with van der Waals surface area (Å²) in [5, 5.41) is 11.5. The van der Waals surface area contributed by atoms with Crippen LogP contribution in [0.15, 0.2) is 54.6 Å². The van der Waals surface area contributed by atoms with Crippen molar-refractivity contribution in [3.05, 3.63) is 65.7 Å². The molecule has 2 rings (SSSR count). The molecule has 6 heteroatoms. The number of carbonyl (C=O) groups excluding carboxylic acids is 2. The fraction of sp³-hybridized carbons (Fsp3) is 0.250. The second kappa shape index (κ2) is 8.80. The topological polar surface area (TPSA) is 86.7 Å². The molecule has 0 aliphatic carbocycles. The molecule has 0 fully saturated rings. The van der Waals surface area contributed by atoms with Gasteiger partial charge in [-0.05, 0) is 36.2 Å². The first-order chi connectivity index (χ1) is 12.4. The van der Waals surface area contributed by atoms with Gasteiger partial charge in [-0.1, -0.05) is 31.2 Å². The molecule has 0 bridgehead atoms. The van der Waals surface area contributed by atoms with Gasteiger partial charge in [-0.15, -0.1) is 0 Å². The van der Waals surface area contributed by atoms with E-state index in [0.29, 0.717) is 11.1 Å². The molecule has 0 saturated heterocycles. The first-order valence-electron chi connectivity index (χ1n) is 8.31. The van der Waals surface area contributed by atoms with Crippen molar-refractivity contribution in [3.8, 4) is 0 Å². The predicted octanol–water partition coefficient (Wildman–Crippen LogP) is 2.80. The molecule has 136 valence electrons. The molecule has 6 nitrogen and oxygen atoms in total. The molecular weight excluding hydrogens is 332 g/mol. The van der Waals surface area contributed by atoms with Crippen molar-refractivity contribution in [2.75, 3.05) is 18.5 Å². The van der Waals surface area contributed by atoms with Crippen molar-refractivity contribution in [1.29, 1.82) is 0 Å². The highest BCUT2D eigenvalue weighted by atomic mass is 16.4. The summed E-state index contributed by atoms with van der Waals surface area (Å²) in [7, 11) is 1.68. The van der Waals surface area contributed by atoms with E-state index in [9.17, 15) is 14.4 Å².